The lowest BCUT2D eigenvalue weighted by atomic mass is 10.1. The van der Waals surface area contributed by atoms with Crippen LogP contribution in [0.4, 0.5) is 0 Å². The molecule has 0 aliphatic rings. The Morgan fingerprint density at radius 1 is 1.44 bits per heavy atom. The third kappa shape index (κ3) is 5.14. The molecule has 0 bridgehead atoms. The number of aliphatic hydroxyl groups excluding tert-OH is 1. The molecule has 18 heavy (non-hydrogen) atoms. The van der Waals surface area contributed by atoms with Gasteiger partial charge in [0.2, 0.25) is 0 Å². The second kappa shape index (κ2) is 8.21. The van der Waals surface area contributed by atoms with Gasteiger partial charge in [-0.1, -0.05) is 19.3 Å². The van der Waals surface area contributed by atoms with Crippen LogP contribution in [0, 0.1) is 6.92 Å². The smallest absolute Gasteiger partial charge is 0.334 e. The minimum atomic E-state index is -0.959. The van der Waals surface area contributed by atoms with Gasteiger partial charge in [0.25, 0.3) is 0 Å². The lowest BCUT2D eigenvalue weighted by Crippen LogP contribution is -2.21. The maximum Gasteiger partial charge on any atom is 0.334 e. The highest BCUT2D eigenvalue weighted by molar-refractivity contribution is 7.09. The van der Waals surface area contributed by atoms with Crippen molar-refractivity contribution in [3.63, 3.8) is 0 Å². The van der Waals surface area contributed by atoms with Crippen LogP contribution in [0.1, 0.15) is 42.7 Å². The van der Waals surface area contributed by atoms with Crippen LogP contribution >= 0.6 is 11.3 Å². The summed E-state index contributed by atoms with van der Waals surface area (Å²) in [6.45, 7) is 2.04. The third-order valence-corrected chi connectivity index (χ3v) is 3.94. The van der Waals surface area contributed by atoms with Gasteiger partial charge in [-0.3, -0.25) is 0 Å². The first-order valence-electron chi connectivity index (χ1n) is 6.30. The molecule has 0 aliphatic carbocycles. The van der Waals surface area contributed by atoms with E-state index < -0.39 is 12.1 Å². The Labute approximate surface area is 112 Å². The molecule has 1 aromatic rings. The summed E-state index contributed by atoms with van der Waals surface area (Å²) in [7, 11) is 1.29. The molecule has 0 aromatic carbocycles. The second-order valence-electron chi connectivity index (χ2n) is 4.35. The van der Waals surface area contributed by atoms with Crippen LogP contribution in [0.25, 0.3) is 0 Å². The standard InChI is InChI=1S/C13H21NO3S/c1-10-12(18-9-14-10)8-6-4-3-5-7-11(15)13(16)17-2/h9,11,15H,3-8H2,1-2H3. The number of aryl methyl sites for hydroxylation is 2. The highest BCUT2D eigenvalue weighted by atomic mass is 32.1. The number of unbranched alkanes of at least 4 members (excludes halogenated alkanes) is 3. The quantitative estimate of drug-likeness (QED) is 0.583. The summed E-state index contributed by atoms with van der Waals surface area (Å²) in [5.41, 5.74) is 3.03. The topological polar surface area (TPSA) is 59.4 Å². The number of hydrogen-bond acceptors (Lipinski definition) is 5. The van der Waals surface area contributed by atoms with Crippen molar-refractivity contribution in [1.29, 1.82) is 0 Å². The van der Waals surface area contributed by atoms with Crippen LogP contribution in [0.15, 0.2) is 5.51 Å². The van der Waals surface area contributed by atoms with Crippen LogP contribution in [-0.2, 0) is 16.0 Å². The maximum absolute atomic E-state index is 10.9. The minimum Gasteiger partial charge on any atom is -0.467 e. The number of rotatable bonds is 8. The Bertz CT molecular complexity index is 365. The lowest BCUT2D eigenvalue weighted by molar-refractivity contribution is -0.150. The molecule has 1 unspecified atom stereocenters. The van der Waals surface area contributed by atoms with Crippen molar-refractivity contribution in [2.45, 2.75) is 51.6 Å². The molecule has 4 nitrogen and oxygen atoms in total. The van der Waals surface area contributed by atoms with Crippen molar-refractivity contribution in [3.8, 4) is 0 Å². The molecule has 0 spiro atoms. The van der Waals surface area contributed by atoms with E-state index >= 15 is 0 Å². The first-order valence-corrected chi connectivity index (χ1v) is 7.18. The molecule has 0 amide bonds. The number of carbonyl (C=O) groups is 1. The molecule has 1 atom stereocenters. The van der Waals surface area contributed by atoms with Crippen LogP contribution in [0.3, 0.4) is 0 Å². The number of aromatic nitrogens is 1. The van der Waals surface area contributed by atoms with Crippen molar-refractivity contribution >= 4 is 17.3 Å². The first kappa shape index (κ1) is 15.1. The van der Waals surface area contributed by atoms with Gasteiger partial charge in [0.15, 0.2) is 6.10 Å². The Hall–Kier alpha value is -0.940. The highest BCUT2D eigenvalue weighted by Crippen LogP contribution is 2.16. The number of esters is 1. The van der Waals surface area contributed by atoms with Crippen molar-refractivity contribution in [3.05, 3.63) is 16.1 Å². The van der Waals surface area contributed by atoms with E-state index in [1.54, 1.807) is 11.3 Å². The summed E-state index contributed by atoms with van der Waals surface area (Å²) in [6.07, 6.45) is 4.76. The fourth-order valence-corrected chi connectivity index (χ4v) is 2.62. The van der Waals surface area contributed by atoms with Crippen molar-refractivity contribution < 1.29 is 14.6 Å². The van der Waals surface area contributed by atoms with Crippen LogP contribution in [0.2, 0.25) is 0 Å². The van der Waals surface area contributed by atoms with Crippen molar-refractivity contribution in [1.82, 2.24) is 4.98 Å². The molecule has 1 aromatic heterocycles. The zero-order valence-corrected chi connectivity index (χ0v) is 11.8. The average Bonchev–Trinajstić information content (AvgIpc) is 2.78. The van der Waals surface area contributed by atoms with E-state index in [9.17, 15) is 9.90 Å². The highest BCUT2D eigenvalue weighted by Gasteiger charge is 2.13. The molecule has 1 rings (SSSR count). The number of ether oxygens (including phenoxy) is 1. The molecule has 0 radical (unpaired) electrons. The summed E-state index contributed by atoms with van der Waals surface area (Å²) in [5, 5.41) is 9.38. The number of carbonyl (C=O) groups excluding carboxylic acids is 1. The fourth-order valence-electron chi connectivity index (χ4n) is 1.80. The van der Waals surface area contributed by atoms with E-state index in [1.165, 1.54) is 12.0 Å². The summed E-state index contributed by atoms with van der Waals surface area (Å²) < 4.78 is 4.46. The van der Waals surface area contributed by atoms with Gasteiger partial charge < -0.3 is 9.84 Å². The first-order chi connectivity index (χ1) is 8.65. The number of thiazole rings is 1. The minimum absolute atomic E-state index is 0.492. The fraction of sp³-hybridized carbons (Fsp3) is 0.692. The van der Waals surface area contributed by atoms with Crippen LogP contribution in [0.5, 0.6) is 0 Å². The molecule has 1 N–H and O–H groups in total. The van der Waals surface area contributed by atoms with E-state index in [0.29, 0.717) is 6.42 Å². The van der Waals surface area contributed by atoms with E-state index in [4.69, 9.17) is 0 Å². The zero-order valence-electron chi connectivity index (χ0n) is 11.0. The predicted molar refractivity (Wildman–Crippen MR) is 71.7 cm³/mol. The second-order valence-corrected chi connectivity index (χ2v) is 5.29. The number of methoxy groups -OCH3 is 1. The molecular weight excluding hydrogens is 250 g/mol. The maximum atomic E-state index is 10.9. The Morgan fingerprint density at radius 3 is 2.78 bits per heavy atom. The number of hydrogen-bond donors (Lipinski definition) is 1. The summed E-state index contributed by atoms with van der Waals surface area (Å²) >= 11 is 1.71. The van der Waals surface area contributed by atoms with Gasteiger partial charge in [-0.25, -0.2) is 9.78 Å². The van der Waals surface area contributed by atoms with Crippen molar-refractivity contribution in [2.75, 3.05) is 7.11 Å². The molecule has 0 saturated carbocycles. The van der Waals surface area contributed by atoms with Gasteiger partial charge in [0, 0.05) is 4.88 Å². The van der Waals surface area contributed by atoms with Gasteiger partial charge in [-0.2, -0.15) is 0 Å². The van der Waals surface area contributed by atoms with Gasteiger partial charge in [0.05, 0.1) is 18.3 Å². The van der Waals surface area contributed by atoms with E-state index in [-0.39, 0.29) is 0 Å². The predicted octanol–water partition coefficient (Wildman–Crippen LogP) is 2.48. The number of aliphatic hydroxyl groups is 1. The average molecular weight is 271 g/mol. The van der Waals surface area contributed by atoms with Crippen molar-refractivity contribution in [2.24, 2.45) is 0 Å². The summed E-state index contributed by atoms with van der Waals surface area (Å²) in [4.78, 5) is 16.5. The van der Waals surface area contributed by atoms with Gasteiger partial charge in [0.1, 0.15) is 0 Å². The molecular formula is C13H21NO3S. The largest absolute Gasteiger partial charge is 0.467 e. The summed E-state index contributed by atoms with van der Waals surface area (Å²) in [5.74, 6) is -0.532. The summed E-state index contributed by atoms with van der Waals surface area (Å²) in [6, 6.07) is 0. The molecule has 1 heterocycles. The molecule has 5 heteroatoms. The van der Waals surface area contributed by atoms with Crippen LogP contribution < -0.4 is 0 Å². The molecule has 102 valence electrons. The van der Waals surface area contributed by atoms with Gasteiger partial charge >= 0.3 is 5.97 Å². The SMILES string of the molecule is COC(=O)C(O)CCCCCCc1scnc1C. The lowest BCUT2D eigenvalue weighted by Gasteiger charge is -2.07. The molecule has 0 aliphatic heterocycles. The molecule has 0 fully saturated rings. The Kier molecular flexibility index (Phi) is 6.90. The van der Waals surface area contributed by atoms with Gasteiger partial charge in [-0.15, -0.1) is 11.3 Å². The Morgan fingerprint density at radius 2 is 2.17 bits per heavy atom. The molecule has 0 saturated heterocycles. The van der Waals surface area contributed by atoms with Gasteiger partial charge in [-0.05, 0) is 26.2 Å². The van der Waals surface area contributed by atoms with Crippen LogP contribution in [-0.4, -0.2) is 29.3 Å². The normalized spacial score (nSPS) is 12.4. The number of nitrogens with zero attached hydrogens (tertiary/aromatic N) is 1. The Balaban J connectivity index is 2.02. The zero-order chi connectivity index (χ0) is 13.4. The monoisotopic (exact) mass is 271 g/mol. The van der Waals surface area contributed by atoms with E-state index in [2.05, 4.69) is 9.72 Å². The third-order valence-electron chi connectivity index (χ3n) is 2.95. The van der Waals surface area contributed by atoms with E-state index in [0.717, 1.165) is 37.8 Å². The van der Waals surface area contributed by atoms with E-state index in [1.807, 2.05) is 12.4 Å².